The average molecular weight is 109 g/mol. The minimum absolute atomic E-state index is 0. The lowest BCUT2D eigenvalue weighted by Crippen LogP contribution is -3.00. The van der Waals surface area contributed by atoms with Gasteiger partial charge in [-0.15, -0.1) is 0 Å². The highest BCUT2D eigenvalue weighted by atomic mass is 35.5. The van der Waals surface area contributed by atoms with Crippen LogP contribution in [0.5, 0.6) is 0 Å². The van der Waals surface area contributed by atoms with Crippen LogP contribution in [0, 0.1) is 0 Å². The van der Waals surface area contributed by atoms with Gasteiger partial charge in [0.2, 0.25) is 0 Å². The zero-order chi connectivity index (χ0) is 3.70. The molecule has 0 radical (unpaired) electrons. The van der Waals surface area contributed by atoms with E-state index in [0.29, 0.717) is 0 Å². The maximum absolute atomic E-state index is 8.39. The summed E-state index contributed by atoms with van der Waals surface area (Å²) in [7, 11) is 0. The number of halogens is 1. The fourth-order valence-electron chi connectivity index (χ4n) is 0.273. The van der Waals surface area contributed by atoms with Crippen molar-refractivity contribution in [2.45, 2.75) is 6.10 Å². The Morgan fingerprint density at radius 1 is 1.50 bits per heavy atom. The van der Waals surface area contributed by atoms with E-state index in [1.54, 1.807) is 0 Å². The van der Waals surface area contributed by atoms with Crippen molar-refractivity contribution in [3.63, 3.8) is 0 Å². The zero-order valence-corrected chi connectivity index (χ0v) is 4.07. The Hall–Kier alpha value is 0.210. The van der Waals surface area contributed by atoms with E-state index in [4.69, 9.17) is 5.11 Å². The second kappa shape index (κ2) is 2.39. The van der Waals surface area contributed by atoms with Gasteiger partial charge in [0.05, 0.1) is 6.10 Å². The van der Waals surface area contributed by atoms with Crippen LogP contribution in [0.2, 0.25) is 0 Å². The summed E-state index contributed by atoms with van der Waals surface area (Å²) in [6, 6.07) is 0. The van der Waals surface area contributed by atoms with Crippen molar-refractivity contribution in [2.24, 2.45) is 0 Å². The van der Waals surface area contributed by atoms with Gasteiger partial charge < -0.3 is 22.8 Å². The molecule has 1 fully saturated rings. The molecular formula is C3H7ClNO-. The highest BCUT2D eigenvalue weighted by Crippen LogP contribution is 1.85. The molecule has 1 aliphatic rings. The second-order valence-electron chi connectivity index (χ2n) is 1.31. The summed E-state index contributed by atoms with van der Waals surface area (Å²) in [4.78, 5) is 0. The van der Waals surface area contributed by atoms with Crippen LogP contribution in [0.15, 0.2) is 0 Å². The van der Waals surface area contributed by atoms with Crippen LogP contribution >= 0.6 is 0 Å². The predicted octanol–water partition coefficient (Wildman–Crippen LogP) is -4.05. The minimum Gasteiger partial charge on any atom is -1.00 e. The maximum Gasteiger partial charge on any atom is 0.0788 e. The van der Waals surface area contributed by atoms with E-state index in [9.17, 15) is 0 Å². The van der Waals surface area contributed by atoms with Gasteiger partial charge in [0, 0.05) is 13.1 Å². The number of nitrogens with one attached hydrogen (secondary N) is 1. The molecule has 0 unspecified atom stereocenters. The van der Waals surface area contributed by atoms with E-state index in [1.807, 2.05) is 0 Å². The molecule has 0 amide bonds. The molecule has 0 saturated carbocycles. The standard InChI is InChI=1S/C3H7NO.ClH/c5-3-1-4-2-3;/h3-5H,1-2H2;1H/p-1. The van der Waals surface area contributed by atoms with Gasteiger partial charge in [-0.3, -0.25) is 0 Å². The zero-order valence-electron chi connectivity index (χ0n) is 3.32. The highest BCUT2D eigenvalue weighted by molar-refractivity contribution is 4.71. The number of β-amino-alcohol motifs (C(OH)–C–C–N with tert-alkyl or cyclic N) is 1. The molecule has 6 heavy (non-hydrogen) atoms. The molecular weight excluding hydrogens is 101 g/mol. The molecule has 0 aliphatic carbocycles. The molecule has 1 rings (SSSR count). The first-order chi connectivity index (χ1) is 2.39. The molecule has 0 aromatic heterocycles. The molecule has 2 N–H and O–H groups in total. The van der Waals surface area contributed by atoms with Crippen molar-refractivity contribution in [3.8, 4) is 0 Å². The van der Waals surface area contributed by atoms with Crippen LogP contribution in [0.1, 0.15) is 0 Å². The first-order valence-electron chi connectivity index (χ1n) is 1.78. The van der Waals surface area contributed by atoms with E-state index in [2.05, 4.69) is 5.32 Å². The van der Waals surface area contributed by atoms with E-state index in [-0.39, 0.29) is 18.5 Å². The number of rotatable bonds is 0. The maximum atomic E-state index is 8.39. The SMILES string of the molecule is OC1CNC1.[Cl-]. The van der Waals surface area contributed by atoms with Crippen molar-refractivity contribution in [2.75, 3.05) is 13.1 Å². The predicted molar refractivity (Wildman–Crippen MR) is 18.9 cm³/mol. The van der Waals surface area contributed by atoms with Crippen LogP contribution in [-0.2, 0) is 0 Å². The summed E-state index contributed by atoms with van der Waals surface area (Å²) in [6.45, 7) is 1.58. The van der Waals surface area contributed by atoms with E-state index < -0.39 is 0 Å². The Morgan fingerprint density at radius 2 is 1.83 bits per heavy atom. The van der Waals surface area contributed by atoms with Gasteiger partial charge >= 0.3 is 0 Å². The number of aliphatic hydroxyl groups is 1. The Balaban J connectivity index is 0.000000250. The molecule has 3 heteroatoms. The Bertz CT molecular complexity index is 37.8. The van der Waals surface area contributed by atoms with E-state index >= 15 is 0 Å². The summed E-state index contributed by atoms with van der Waals surface area (Å²) < 4.78 is 0. The largest absolute Gasteiger partial charge is 1.00 e. The number of aliphatic hydroxyl groups excluding tert-OH is 1. The Labute approximate surface area is 43.0 Å². The van der Waals surface area contributed by atoms with E-state index in [1.165, 1.54) is 0 Å². The molecule has 0 spiro atoms. The lowest BCUT2D eigenvalue weighted by atomic mass is 10.2. The molecule has 1 heterocycles. The van der Waals surface area contributed by atoms with Crippen LogP contribution < -0.4 is 17.7 Å². The van der Waals surface area contributed by atoms with Crippen LogP contribution in [-0.4, -0.2) is 24.3 Å². The van der Waals surface area contributed by atoms with Gasteiger partial charge in [-0.25, -0.2) is 0 Å². The summed E-state index contributed by atoms with van der Waals surface area (Å²) >= 11 is 0. The fraction of sp³-hybridized carbons (Fsp3) is 1.00. The van der Waals surface area contributed by atoms with Crippen molar-refractivity contribution in [3.05, 3.63) is 0 Å². The lowest BCUT2D eigenvalue weighted by molar-refractivity contribution is -0.00000349. The molecule has 1 saturated heterocycles. The average Bonchev–Trinajstić information content (AvgIpc) is 1.30. The van der Waals surface area contributed by atoms with Gasteiger partial charge in [0.25, 0.3) is 0 Å². The lowest BCUT2D eigenvalue weighted by Gasteiger charge is -2.20. The van der Waals surface area contributed by atoms with Crippen molar-refractivity contribution >= 4 is 0 Å². The Kier molecular flexibility index (Phi) is 2.48. The third-order valence-corrected chi connectivity index (χ3v) is 0.760. The molecule has 2 nitrogen and oxygen atoms in total. The highest BCUT2D eigenvalue weighted by Gasteiger charge is 2.10. The van der Waals surface area contributed by atoms with E-state index in [0.717, 1.165) is 13.1 Å². The molecule has 38 valence electrons. The van der Waals surface area contributed by atoms with Crippen molar-refractivity contribution in [1.82, 2.24) is 5.32 Å². The second-order valence-corrected chi connectivity index (χ2v) is 1.31. The fourth-order valence-corrected chi connectivity index (χ4v) is 0.273. The van der Waals surface area contributed by atoms with Crippen LogP contribution in [0.4, 0.5) is 0 Å². The molecule has 0 atom stereocenters. The first kappa shape index (κ1) is 6.21. The Morgan fingerprint density at radius 3 is 1.83 bits per heavy atom. The molecule has 0 aromatic rings. The topological polar surface area (TPSA) is 32.3 Å². The monoisotopic (exact) mass is 108 g/mol. The first-order valence-corrected chi connectivity index (χ1v) is 1.78. The molecule has 0 aromatic carbocycles. The van der Waals surface area contributed by atoms with Crippen molar-refractivity contribution in [1.29, 1.82) is 0 Å². The number of hydrogen-bond donors (Lipinski definition) is 2. The smallest absolute Gasteiger partial charge is 0.0788 e. The van der Waals surface area contributed by atoms with Crippen molar-refractivity contribution < 1.29 is 17.5 Å². The third kappa shape index (κ3) is 1.12. The number of hydrogen-bond acceptors (Lipinski definition) is 2. The summed E-state index contributed by atoms with van der Waals surface area (Å²) in [5.41, 5.74) is 0. The van der Waals surface area contributed by atoms with Crippen LogP contribution in [0.3, 0.4) is 0 Å². The minimum atomic E-state index is -0.0463. The summed E-state index contributed by atoms with van der Waals surface area (Å²) in [5, 5.41) is 11.3. The van der Waals surface area contributed by atoms with Gasteiger partial charge in [-0.2, -0.15) is 0 Å². The normalized spacial score (nSPS) is 21.5. The molecule has 1 aliphatic heterocycles. The third-order valence-electron chi connectivity index (χ3n) is 0.760. The van der Waals surface area contributed by atoms with Crippen LogP contribution in [0.25, 0.3) is 0 Å². The quantitative estimate of drug-likeness (QED) is 0.331. The van der Waals surface area contributed by atoms with Gasteiger partial charge in [-0.05, 0) is 0 Å². The summed E-state index contributed by atoms with van der Waals surface area (Å²) in [6.07, 6.45) is -0.0463. The van der Waals surface area contributed by atoms with Gasteiger partial charge in [0.15, 0.2) is 0 Å². The van der Waals surface area contributed by atoms with Gasteiger partial charge in [0.1, 0.15) is 0 Å². The van der Waals surface area contributed by atoms with Gasteiger partial charge in [-0.1, -0.05) is 0 Å². The molecule has 0 bridgehead atoms. The summed E-state index contributed by atoms with van der Waals surface area (Å²) in [5.74, 6) is 0.